The van der Waals surface area contributed by atoms with E-state index in [-0.39, 0.29) is 12.7 Å². The lowest BCUT2D eigenvalue weighted by atomic mass is 9.95. The Labute approximate surface area is 130 Å². The fourth-order valence-electron chi connectivity index (χ4n) is 2.69. The first-order chi connectivity index (χ1) is 10.3. The van der Waals surface area contributed by atoms with Gasteiger partial charge in [0.1, 0.15) is 0 Å². The molecule has 0 spiro atoms. The molecule has 1 N–H and O–H groups in total. The van der Waals surface area contributed by atoms with Gasteiger partial charge in [0.05, 0.1) is 12.7 Å². The van der Waals surface area contributed by atoms with Gasteiger partial charge in [-0.2, -0.15) is 0 Å². The third-order valence-electron chi connectivity index (χ3n) is 4.00. The summed E-state index contributed by atoms with van der Waals surface area (Å²) in [4.78, 5) is 0. The normalized spacial score (nSPS) is 14.0. The second-order valence-corrected chi connectivity index (χ2v) is 6.12. The second kappa shape index (κ2) is 11.8. The van der Waals surface area contributed by atoms with Crippen LogP contribution in [0, 0.1) is 5.92 Å². The summed E-state index contributed by atoms with van der Waals surface area (Å²) in [5, 5.41) is 9.21. The Balaban J connectivity index is 2.28. The van der Waals surface area contributed by atoms with Crippen molar-refractivity contribution in [1.82, 2.24) is 0 Å². The molecule has 0 aliphatic carbocycles. The molecule has 0 radical (unpaired) electrons. The van der Waals surface area contributed by atoms with Crippen LogP contribution in [-0.2, 0) is 11.3 Å². The van der Waals surface area contributed by atoms with Gasteiger partial charge in [-0.3, -0.25) is 0 Å². The molecule has 0 saturated carbocycles. The summed E-state index contributed by atoms with van der Waals surface area (Å²) in [6, 6.07) is 10.3. The van der Waals surface area contributed by atoms with E-state index in [9.17, 15) is 5.11 Å². The minimum atomic E-state index is 0.177. The fourth-order valence-corrected chi connectivity index (χ4v) is 2.69. The predicted octanol–water partition coefficient (Wildman–Crippen LogP) is 4.95. The summed E-state index contributed by atoms with van der Waals surface area (Å²) in [7, 11) is 0. The minimum absolute atomic E-state index is 0.177. The highest BCUT2D eigenvalue weighted by Crippen LogP contribution is 2.19. The molecule has 120 valence electrons. The lowest BCUT2D eigenvalue weighted by Gasteiger charge is -2.21. The maximum absolute atomic E-state index is 9.21. The van der Waals surface area contributed by atoms with Crippen molar-refractivity contribution >= 4 is 0 Å². The molecule has 0 bridgehead atoms. The lowest BCUT2D eigenvalue weighted by molar-refractivity contribution is 0.00955. The van der Waals surface area contributed by atoms with Gasteiger partial charge in [0.25, 0.3) is 0 Å². The maximum atomic E-state index is 9.21. The van der Waals surface area contributed by atoms with Crippen LogP contribution in [0.4, 0.5) is 0 Å². The number of rotatable bonds is 12. The van der Waals surface area contributed by atoms with Crippen molar-refractivity contribution < 1.29 is 9.84 Å². The van der Waals surface area contributed by atoms with E-state index in [1.807, 2.05) is 18.2 Å². The van der Waals surface area contributed by atoms with Gasteiger partial charge >= 0.3 is 0 Å². The SMILES string of the molecule is CCCCCC[C@H](C)C[C@H](CCO)OCc1ccccc1. The molecule has 0 fully saturated rings. The van der Waals surface area contributed by atoms with E-state index in [0.717, 1.165) is 12.8 Å². The highest BCUT2D eigenvalue weighted by Gasteiger charge is 2.13. The lowest BCUT2D eigenvalue weighted by Crippen LogP contribution is -2.18. The average molecular weight is 292 g/mol. The number of hydrogen-bond donors (Lipinski definition) is 1. The zero-order valence-electron chi connectivity index (χ0n) is 13.8. The van der Waals surface area contributed by atoms with Crippen LogP contribution < -0.4 is 0 Å². The highest BCUT2D eigenvalue weighted by molar-refractivity contribution is 5.13. The van der Waals surface area contributed by atoms with Crippen LogP contribution in [0.3, 0.4) is 0 Å². The Morgan fingerprint density at radius 2 is 1.81 bits per heavy atom. The molecule has 0 heterocycles. The zero-order chi connectivity index (χ0) is 15.3. The highest BCUT2D eigenvalue weighted by atomic mass is 16.5. The molecule has 0 saturated heterocycles. The second-order valence-electron chi connectivity index (χ2n) is 6.12. The molecule has 2 nitrogen and oxygen atoms in total. The smallest absolute Gasteiger partial charge is 0.0720 e. The van der Waals surface area contributed by atoms with E-state index in [0.29, 0.717) is 12.5 Å². The van der Waals surface area contributed by atoms with Crippen LogP contribution in [-0.4, -0.2) is 17.8 Å². The van der Waals surface area contributed by atoms with Gasteiger partial charge in [-0.05, 0) is 24.3 Å². The van der Waals surface area contributed by atoms with Crippen molar-refractivity contribution in [1.29, 1.82) is 0 Å². The molecular weight excluding hydrogens is 260 g/mol. The number of ether oxygens (including phenoxy) is 1. The predicted molar refractivity (Wildman–Crippen MR) is 89.3 cm³/mol. The molecular formula is C19H32O2. The van der Waals surface area contributed by atoms with E-state index < -0.39 is 0 Å². The molecule has 0 aliphatic rings. The van der Waals surface area contributed by atoms with Crippen LogP contribution in [0.25, 0.3) is 0 Å². The summed E-state index contributed by atoms with van der Waals surface area (Å²) in [6.45, 7) is 5.41. The van der Waals surface area contributed by atoms with Gasteiger partial charge in [0.2, 0.25) is 0 Å². The maximum Gasteiger partial charge on any atom is 0.0720 e. The first-order valence-corrected chi connectivity index (χ1v) is 8.52. The summed E-state index contributed by atoms with van der Waals surface area (Å²) in [5.41, 5.74) is 1.20. The standard InChI is InChI=1S/C19H32O2/c1-3-4-5-7-10-17(2)15-19(13-14-20)21-16-18-11-8-6-9-12-18/h6,8-9,11-12,17,19-20H,3-5,7,10,13-16H2,1-2H3/t17-,19-/m0/s1. The molecule has 0 aliphatic heterocycles. The Morgan fingerprint density at radius 1 is 1.05 bits per heavy atom. The molecule has 21 heavy (non-hydrogen) atoms. The first-order valence-electron chi connectivity index (χ1n) is 8.52. The number of aliphatic hydroxyl groups is 1. The third kappa shape index (κ3) is 8.90. The van der Waals surface area contributed by atoms with E-state index in [1.165, 1.54) is 37.7 Å². The van der Waals surface area contributed by atoms with Crippen molar-refractivity contribution in [2.24, 2.45) is 5.92 Å². The Kier molecular flexibility index (Phi) is 10.2. The van der Waals surface area contributed by atoms with Crippen LogP contribution in [0.15, 0.2) is 30.3 Å². The van der Waals surface area contributed by atoms with Crippen LogP contribution in [0.1, 0.15) is 64.4 Å². The van der Waals surface area contributed by atoms with Gasteiger partial charge in [0, 0.05) is 6.61 Å². The zero-order valence-corrected chi connectivity index (χ0v) is 13.8. The number of aliphatic hydroxyl groups excluding tert-OH is 1. The molecule has 2 heteroatoms. The Bertz CT molecular complexity index is 337. The van der Waals surface area contributed by atoms with Crippen molar-refractivity contribution in [2.45, 2.75) is 71.5 Å². The van der Waals surface area contributed by atoms with E-state index in [4.69, 9.17) is 4.74 Å². The van der Waals surface area contributed by atoms with Gasteiger partial charge in [-0.25, -0.2) is 0 Å². The van der Waals surface area contributed by atoms with E-state index in [2.05, 4.69) is 26.0 Å². The summed E-state index contributed by atoms with van der Waals surface area (Å²) >= 11 is 0. The fraction of sp³-hybridized carbons (Fsp3) is 0.684. The summed E-state index contributed by atoms with van der Waals surface area (Å²) < 4.78 is 6.01. The van der Waals surface area contributed by atoms with Crippen molar-refractivity contribution in [3.8, 4) is 0 Å². The van der Waals surface area contributed by atoms with Crippen LogP contribution >= 0.6 is 0 Å². The minimum Gasteiger partial charge on any atom is -0.396 e. The van der Waals surface area contributed by atoms with Gasteiger partial charge in [-0.1, -0.05) is 76.3 Å². The van der Waals surface area contributed by atoms with Gasteiger partial charge < -0.3 is 9.84 Å². The van der Waals surface area contributed by atoms with E-state index >= 15 is 0 Å². The van der Waals surface area contributed by atoms with Crippen molar-refractivity contribution in [3.63, 3.8) is 0 Å². The molecule has 0 aromatic heterocycles. The molecule has 0 amide bonds. The number of hydrogen-bond acceptors (Lipinski definition) is 2. The number of benzene rings is 1. The molecule has 2 atom stereocenters. The summed E-state index contributed by atoms with van der Waals surface area (Å²) in [5.74, 6) is 0.675. The Hall–Kier alpha value is -0.860. The van der Waals surface area contributed by atoms with Crippen LogP contribution in [0.5, 0.6) is 0 Å². The molecule has 1 aromatic carbocycles. The Morgan fingerprint density at radius 3 is 2.48 bits per heavy atom. The summed E-state index contributed by atoms with van der Waals surface area (Å²) in [6.07, 6.45) is 8.55. The topological polar surface area (TPSA) is 29.5 Å². The van der Waals surface area contributed by atoms with E-state index in [1.54, 1.807) is 0 Å². The molecule has 1 aromatic rings. The average Bonchev–Trinajstić information content (AvgIpc) is 2.50. The largest absolute Gasteiger partial charge is 0.396 e. The first kappa shape index (κ1) is 18.2. The number of unbranched alkanes of at least 4 members (excludes halogenated alkanes) is 3. The molecule has 1 rings (SSSR count). The van der Waals surface area contributed by atoms with Gasteiger partial charge in [0.15, 0.2) is 0 Å². The quantitative estimate of drug-likeness (QED) is 0.552. The third-order valence-corrected chi connectivity index (χ3v) is 4.00. The van der Waals surface area contributed by atoms with Crippen LogP contribution in [0.2, 0.25) is 0 Å². The molecule has 0 unspecified atom stereocenters. The van der Waals surface area contributed by atoms with Crippen molar-refractivity contribution in [2.75, 3.05) is 6.61 Å². The van der Waals surface area contributed by atoms with Gasteiger partial charge in [-0.15, -0.1) is 0 Å². The monoisotopic (exact) mass is 292 g/mol. The van der Waals surface area contributed by atoms with Crippen molar-refractivity contribution in [3.05, 3.63) is 35.9 Å².